The van der Waals surface area contributed by atoms with E-state index in [1.165, 1.54) is 12.3 Å². The Morgan fingerprint density at radius 2 is 1.76 bits per heavy atom. The summed E-state index contributed by atoms with van der Waals surface area (Å²) < 4.78 is 0. The minimum Gasteiger partial charge on any atom is -0.399 e. The van der Waals surface area contributed by atoms with Gasteiger partial charge in [0, 0.05) is 28.9 Å². The van der Waals surface area contributed by atoms with Gasteiger partial charge < -0.3 is 16.8 Å². The summed E-state index contributed by atoms with van der Waals surface area (Å²) in [5.41, 5.74) is 18.9. The number of anilines is 4. The van der Waals surface area contributed by atoms with Gasteiger partial charge in [-0.1, -0.05) is 12.1 Å². The molecule has 0 fully saturated rings. The Morgan fingerprint density at radius 3 is 2.39 bits per heavy atom. The third-order valence-corrected chi connectivity index (χ3v) is 5.16. The van der Waals surface area contributed by atoms with Gasteiger partial charge in [-0.3, -0.25) is 0 Å². The number of nitrogens with zero attached hydrogens (tertiary/aromatic N) is 5. The zero-order valence-electron chi connectivity index (χ0n) is 18.1. The predicted molar refractivity (Wildman–Crippen MR) is 130 cm³/mol. The molecule has 0 saturated heterocycles. The lowest BCUT2D eigenvalue weighted by molar-refractivity contribution is 1.19. The van der Waals surface area contributed by atoms with Gasteiger partial charge in [-0.15, -0.1) is 0 Å². The van der Waals surface area contributed by atoms with Crippen LogP contribution in [0.4, 0.5) is 23.3 Å². The molecule has 0 aliphatic heterocycles. The van der Waals surface area contributed by atoms with Crippen molar-refractivity contribution in [2.24, 2.45) is 0 Å². The van der Waals surface area contributed by atoms with Crippen LogP contribution in [0.15, 0.2) is 48.7 Å². The number of nitrogen functional groups attached to an aromatic ring is 2. The number of hydrogen-bond donors (Lipinski definition) is 3. The third kappa shape index (κ3) is 4.27. The van der Waals surface area contributed by atoms with E-state index in [-0.39, 0.29) is 11.8 Å². The molecule has 8 heteroatoms. The first kappa shape index (κ1) is 21.3. The summed E-state index contributed by atoms with van der Waals surface area (Å²) in [5, 5.41) is 21.5. The van der Waals surface area contributed by atoms with Crippen molar-refractivity contribution in [1.29, 1.82) is 10.5 Å². The van der Waals surface area contributed by atoms with Crippen LogP contribution in [0, 0.1) is 36.5 Å². The molecule has 5 N–H and O–H groups in total. The van der Waals surface area contributed by atoms with Gasteiger partial charge in [-0.2, -0.15) is 15.5 Å². The highest BCUT2D eigenvalue weighted by molar-refractivity contribution is 6.02. The summed E-state index contributed by atoms with van der Waals surface area (Å²) in [7, 11) is 0. The number of hydrogen-bond acceptors (Lipinski definition) is 8. The van der Waals surface area contributed by atoms with Crippen molar-refractivity contribution in [3.8, 4) is 23.3 Å². The second kappa shape index (κ2) is 8.66. The molecule has 8 nitrogen and oxygen atoms in total. The number of rotatable bonds is 4. The van der Waals surface area contributed by atoms with Gasteiger partial charge in [0.1, 0.15) is 17.7 Å². The molecule has 0 bridgehead atoms. The minimum atomic E-state index is 0.284. The lowest BCUT2D eigenvalue weighted by Crippen LogP contribution is -2.04. The number of allylic oxidation sites excluding steroid dienone is 1. The lowest BCUT2D eigenvalue weighted by atomic mass is 9.91. The van der Waals surface area contributed by atoms with Crippen molar-refractivity contribution in [2.45, 2.75) is 13.8 Å². The van der Waals surface area contributed by atoms with Crippen LogP contribution in [0.1, 0.15) is 22.3 Å². The van der Waals surface area contributed by atoms with Crippen LogP contribution >= 0.6 is 0 Å². The van der Waals surface area contributed by atoms with Gasteiger partial charge in [0.2, 0.25) is 5.95 Å². The highest BCUT2D eigenvalue weighted by Gasteiger charge is 2.16. The molecule has 0 atom stereocenters. The Bertz CT molecular complexity index is 1470. The number of aryl methyl sites for hydroxylation is 2. The Labute approximate surface area is 190 Å². The van der Waals surface area contributed by atoms with Crippen molar-refractivity contribution < 1.29 is 0 Å². The molecule has 0 spiro atoms. The van der Waals surface area contributed by atoms with Crippen LogP contribution in [-0.4, -0.2) is 15.0 Å². The van der Waals surface area contributed by atoms with E-state index in [1.54, 1.807) is 24.3 Å². The zero-order chi connectivity index (χ0) is 23.5. The van der Waals surface area contributed by atoms with E-state index in [0.29, 0.717) is 28.0 Å². The second-order valence-corrected chi connectivity index (χ2v) is 7.56. The van der Waals surface area contributed by atoms with E-state index >= 15 is 0 Å². The van der Waals surface area contributed by atoms with Gasteiger partial charge in [0.25, 0.3) is 0 Å². The molecule has 0 aliphatic carbocycles. The van der Waals surface area contributed by atoms with Gasteiger partial charge in [0.15, 0.2) is 0 Å². The molecule has 0 radical (unpaired) electrons. The van der Waals surface area contributed by atoms with Crippen LogP contribution in [0.2, 0.25) is 0 Å². The number of nitriles is 2. The monoisotopic (exact) mass is 432 g/mol. The maximum Gasteiger partial charge on any atom is 0.230 e. The summed E-state index contributed by atoms with van der Waals surface area (Å²) >= 11 is 0. The average molecular weight is 432 g/mol. The molecule has 160 valence electrons. The molecular formula is C25H20N8. The van der Waals surface area contributed by atoms with E-state index in [1.807, 2.05) is 44.2 Å². The fourth-order valence-corrected chi connectivity index (χ4v) is 3.82. The van der Waals surface area contributed by atoms with Crippen molar-refractivity contribution in [2.75, 3.05) is 16.8 Å². The maximum atomic E-state index is 8.96. The second-order valence-electron chi connectivity index (χ2n) is 7.56. The molecule has 0 unspecified atom stereocenters. The summed E-state index contributed by atoms with van der Waals surface area (Å²) in [4.78, 5) is 13.3. The molecule has 2 aromatic heterocycles. The fourth-order valence-electron chi connectivity index (χ4n) is 3.82. The number of nitrogens with two attached hydrogens (primary N) is 2. The van der Waals surface area contributed by atoms with E-state index in [9.17, 15) is 0 Å². The SMILES string of the molecule is Cc1cc(/C=C/C#N)cc(C)c1-c1cc(N)cc2c(N)nc(Nc3ccc(C#N)cn3)nc12. The first-order chi connectivity index (χ1) is 15.9. The molecule has 2 aromatic carbocycles. The summed E-state index contributed by atoms with van der Waals surface area (Å²) in [6, 6.07) is 15.0. The van der Waals surface area contributed by atoms with Gasteiger partial charge in [-0.25, -0.2) is 9.97 Å². The molecule has 0 aliphatic rings. The van der Waals surface area contributed by atoms with Crippen LogP contribution in [0.3, 0.4) is 0 Å². The Morgan fingerprint density at radius 1 is 1.00 bits per heavy atom. The number of nitrogens with one attached hydrogen (secondary N) is 1. The summed E-state index contributed by atoms with van der Waals surface area (Å²) in [6.07, 6.45) is 4.69. The topological polar surface area (TPSA) is 150 Å². The predicted octanol–water partition coefficient (Wildman–Crippen LogP) is 4.63. The normalized spacial score (nSPS) is 10.8. The average Bonchev–Trinajstić information content (AvgIpc) is 2.78. The largest absolute Gasteiger partial charge is 0.399 e. The highest BCUT2D eigenvalue weighted by Crippen LogP contribution is 2.37. The zero-order valence-corrected chi connectivity index (χ0v) is 18.1. The molecule has 0 saturated carbocycles. The molecule has 2 heterocycles. The standard InChI is InChI=1S/C25H20N8/c1-14-8-16(4-3-7-26)9-15(2)22(14)19-10-18(28)11-20-23(19)32-25(33-24(20)29)31-21-6-5-17(12-27)13-30-21/h3-6,8-11,13H,28H2,1-2H3,(H3,29,30,31,32,33)/b4-3+. The minimum absolute atomic E-state index is 0.284. The Balaban J connectivity index is 1.88. The van der Waals surface area contributed by atoms with E-state index in [2.05, 4.69) is 15.3 Å². The molecule has 33 heavy (non-hydrogen) atoms. The number of aromatic nitrogens is 3. The summed E-state index contributed by atoms with van der Waals surface area (Å²) in [5.74, 6) is 1.06. The quantitative estimate of drug-likeness (QED) is 0.312. The maximum absolute atomic E-state index is 8.96. The first-order valence-electron chi connectivity index (χ1n) is 10.1. The number of pyridine rings is 1. The van der Waals surface area contributed by atoms with Crippen LogP contribution in [0.25, 0.3) is 28.1 Å². The third-order valence-electron chi connectivity index (χ3n) is 5.16. The van der Waals surface area contributed by atoms with E-state index in [0.717, 1.165) is 27.8 Å². The highest BCUT2D eigenvalue weighted by atomic mass is 15.2. The van der Waals surface area contributed by atoms with E-state index < -0.39 is 0 Å². The van der Waals surface area contributed by atoms with Crippen molar-refractivity contribution in [3.63, 3.8) is 0 Å². The van der Waals surface area contributed by atoms with Crippen molar-refractivity contribution in [3.05, 3.63) is 70.9 Å². The van der Waals surface area contributed by atoms with Crippen molar-refractivity contribution in [1.82, 2.24) is 15.0 Å². The van der Waals surface area contributed by atoms with Crippen LogP contribution in [0.5, 0.6) is 0 Å². The first-order valence-corrected chi connectivity index (χ1v) is 10.1. The van der Waals surface area contributed by atoms with Crippen molar-refractivity contribution >= 4 is 40.3 Å². The molecule has 4 rings (SSSR count). The Kier molecular flexibility index (Phi) is 5.58. The number of fused-ring (bicyclic) bond motifs is 1. The summed E-state index contributed by atoms with van der Waals surface area (Å²) in [6.45, 7) is 4.01. The molecular weight excluding hydrogens is 412 g/mol. The number of benzene rings is 2. The molecule has 4 aromatic rings. The van der Waals surface area contributed by atoms with Crippen LogP contribution < -0.4 is 16.8 Å². The smallest absolute Gasteiger partial charge is 0.230 e. The fraction of sp³-hybridized carbons (Fsp3) is 0.0800. The molecule has 0 amide bonds. The Hall–Kier alpha value is -4.95. The van der Waals surface area contributed by atoms with Gasteiger partial charge in [-0.05, 0) is 66.4 Å². The van der Waals surface area contributed by atoms with E-state index in [4.69, 9.17) is 27.0 Å². The lowest BCUT2D eigenvalue weighted by Gasteiger charge is -2.16. The van der Waals surface area contributed by atoms with Gasteiger partial charge >= 0.3 is 0 Å². The van der Waals surface area contributed by atoms with Gasteiger partial charge in [0.05, 0.1) is 17.1 Å². The van der Waals surface area contributed by atoms with Crippen LogP contribution in [-0.2, 0) is 0 Å².